The lowest BCUT2D eigenvalue weighted by Crippen LogP contribution is -2.07. The molecule has 0 spiro atoms. The molecule has 1 rings (SSSR count). The van der Waals surface area contributed by atoms with E-state index in [0.717, 1.165) is 0 Å². The lowest BCUT2D eigenvalue weighted by molar-refractivity contribution is -0.104. The Morgan fingerprint density at radius 2 is 2.43 bits per heavy atom. The molecule has 0 bridgehead atoms. The van der Waals surface area contributed by atoms with Crippen LogP contribution in [0.5, 0.6) is 0 Å². The van der Waals surface area contributed by atoms with Crippen LogP contribution < -0.4 is 0 Å². The highest BCUT2D eigenvalue weighted by Gasteiger charge is 2.18. The summed E-state index contributed by atoms with van der Waals surface area (Å²) in [6.45, 7) is 2.05. The van der Waals surface area contributed by atoms with Gasteiger partial charge in [0, 0.05) is 0 Å². The number of rotatable bonds is 0. The average Bonchev–Trinajstić information content (AvgIpc) is 1.87. The first-order valence-corrected chi connectivity index (χ1v) is 2.24. The molecule has 0 unspecified atom stereocenters. The molecule has 0 radical (unpaired) electrons. The van der Waals surface area contributed by atoms with Crippen molar-refractivity contribution in [3.63, 3.8) is 0 Å². The predicted molar refractivity (Wildman–Crippen MR) is 22.5 cm³/mol. The first-order valence-electron chi connectivity index (χ1n) is 2.24. The van der Waals surface area contributed by atoms with E-state index in [4.69, 9.17) is 14.6 Å². The van der Waals surface area contributed by atoms with Crippen molar-refractivity contribution >= 4 is 0 Å². The second kappa shape index (κ2) is 1.78. The highest BCUT2D eigenvalue weighted by atomic mass is 16.8. The van der Waals surface area contributed by atoms with Gasteiger partial charge >= 0.3 is 0 Å². The number of ether oxygens (including phenoxy) is 2. The van der Waals surface area contributed by atoms with E-state index in [-0.39, 0.29) is 6.29 Å². The molecule has 0 aromatic carbocycles. The van der Waals surface area contributed by atoms with Crippen LogP contribution in [0.4, 0.5) is 0 Å². The Balaban J connectivity index is 2.26. The van der Waals surface area contributed by atoms with Gasteiger partial charge in [-0.3, -0.25) is 0 Å². The second-order valence-electron chi connectivity index (χ2n) is 1.49. The molecular weight excluding hydrogens is 96.0 g/mol. The van der Waals surface area contributed by atoms with Crippen molar-refractivity contribution in [3.8, 4) is 0 Å². The molecule has 0 saturated carbocycles. The molecule has 3 heteroatoms. The van der Waals surface area contributed by atoms with E-state index in [1.54, 1.807) is 6.92 Å². The molecule has 42 valence electrons. The fourth-order valence-corrected chi connectivity index (χ4v) is 0.518. The Morgan fingerprint density at radius 3 is 2.57 bits per heavy atom. The lowest BCUT2D eigenvalue weighted by atomic mass is 10.7. The molecule has 1 N–H and O–H groups in total. The van der Waals surface area contributed by atoms with Gasteiger partial charge in [-0.2, -0.15) is 0 Å². The fraction of sp³-hybridized carbons (Fsp3) is 1.00. The van der Waals surface area contributed by atoms with Crippen LogP contribution in [0.15, 0.2) is 0 Å². The smallest absolute Gasteiger partial charge is 0.181 e. The molecule has 0 aliphatic carbocycles. The molecular formula is C4H8O3. The Morgan fingerprint density at radius 1 is 1.71 bits per heavy atom. The van der Waals surface area contributed by atoms with Crippen LogP contribution in [0, 0.1) is 0 Å². The maximum absolute atomic E-state index is 8.55. The normalized spacial score (nSPS) is 42.0. The minimum Gasteiger partial charge on any atom is -0.366 e. The molecule has 1 heterocycles. The molecule has 1 saturated heterocycles. The first kappa shape index (κ1) is 5.03. The van der Waals surface area contributed by atoms with Gasteiger partial charge in [0.15, 0.2) is 12.6 Å². The first-order chi connectivity index (χ1) is 3.29. The van der Waals surface area contributed by atoms with Gasteiger partial charge in [-0.05, 0) is 6.92 Å². The highest BCUT2D eigenvalue weighted by Crippen LogP contribution is 2.06. The maximum Gasteiger partial charge on any atom is 0.181 e. The second-order valence-corrected chi connectivity index (χ2v) is 1.49. The number of aliphatic hydroxyl groups excluding tert-OH is 1. The summed E-state index contributed by atoms with van der Waals surface area (Å²) in [6.07, 6.45) is -0.926. The minimum absolute atomic E-state index is 0.227. The van der Waals surface area contributed by atoms with Crippen LogP contribution in [0.3, 0.4) is 0 Å². The van der Waals surface area contributed by atoms with Gasteiger partial charge in [0.05, 0.1) is 0 Å². The summed E-state index contributed by atoms with van der Waals surface area (Å²) < 4.78 is 9.49. The molecule has 1 aliphatic heterocycles. The van der Waals surface area contributed by atoms with E-state index in [2.05, 4.69) is 0 Å². The SMILES string of the molecule is C[C@@H]1OC[C@@H](O)O1. The highest BCUT2D eigenvalue weighted by molar-refractivity contribution is 4.46. The summed E-state index contributed by atoms with van der Waals surface area (Å²) in [5, 5.41) is 8.55. The third-order valence-electron chi connectivity index (χ3n) is 0.822. The molecule has 0 aromatic rings. The van der Waals surface area contributed by atoms with Crippen LogP contribution >= 0.6 is 0 Å². The van der Waals surface area contributed by atoms with E-state index >= 15 is 0 Å². The zero-order valence-electron chi connectivity index (χ0n) is 4.13. The van der Waals surface area contributed by atoms with Gasteiger partial charge in [-0.1, -0.05) is 0 Å². The van der Waals surface area contributed by atoms with Gasteiger partial charge < -0.3 is 14.6 Å². The monoisotopic (exact) mass is 104 g/mol. The van der Waals surface area contributed by atoms with Gasteiger partial charge in [-0.15, -0.1) is 0 Å². The van der Waals surface area contributed by atoms with Crippen molar-refractivity contribution in [2.45, 2.75) is 19.5 Å². The molecule has 0 amide bonds. The van der Waals surface area contributed by atoms with Gasteiger partial charge in [0.25, 0.3) is 0 Å². The van der Waals surface area contributed by atoms with Crippen molar-refractivity contribution in [2.24, 2.45) is 0 Å². The molecule has 3 nitrogen and oxygen atoms in total. The van der Waals surface area contributed by atoms with Gasteiger partial charge in [0.1, 0.15) is 6.61 Å². The van der Waals surface area contributed by atoms with Crippen molar-refractivity contribution in [3.05, 3.63) is 0 Å². The fourth-order valence-electron chi connectivity index (χ4n) is 0.518. The van der Waals surface area contributed by atoms with Crippen molar-refractivity contribution in [1.29, 1.82) is 0 Å². The minimum atomic E-state index is -0.699. The Bertz CT molecular complexity index is 56.0. The number of hydrogen-bond donors (Lipinski definition) is 1. The summed E-state index contributed by atoms with van der Waals surface area (Å²) in [5.74, 6) is 0. The predicted octanol–water partition coefficient (Wildman–Crippen LogP) is -0.302. The van der Waals surface area contributed by atoms with Crippen LogP contribution in [0.25, 0.3) is 0 Å². The molecule has 1 aliphatic rings. The maximum atomic E-state index is 8.55. The van der Waals surface area contributed by atoms with Gasteiger partial charge in [-0.25, -0.2) is 0 Å². The van der Waals surface area contributed by atoms with Crippen molar-refractivity contribution in [2.75, 3.05) is 6.61 Å². The number of aliphatic hydroxyl groups is 1. The summed E-state index contributed by atoms with van der Waals surface area (Å²) in [7, 11) is 0. The third kappa shape index (κ3) is 1.12. The average molecular weight is 104 g/mol. The third-order valence-corrected chi connectivity index (χ3v) is 0.822. The summed E-state index contributed by atoms with van der Waals surface area (Å²) in [4.78, 5) is 0. The topological polar surface area (TPSA) is 38.7 Å². The van der Waals surface area contributed by atoms with Crippen LogP contribution in [0.2, 0.25) is 0 Å². The zero-order chi connectivity index (χ0) is 5.28. The van der Waals surface area contributed by atoms with E-state index < -0.39 is 6.29 Å². The summed E-state index contributed by atoms with van der Waals surface area (Å²) >= 11 is 0. The van der Waals surface area contributed by atoms with Gasteiger partial charge in [0.2, 0.25) is 0 Å². The van der Waals surface area contributed by atoms with Crippen molar-refractivity contribution in [1.82, 2.24) is 0 Å². The van der Waals surface area contributed by atoms with Crippen LogP contribution in [-0.2, 0) is 9.47 Å². The van der Waals surface area contributed by atoms with E-state index in [1.165, 1.54) is 0 Å². The standard InChI is InChI=1S/C4H8O3/c1-3-6-2-4(5)7-3/h3-5H,2H2,1H3/t3-,4+/m1/s1. The largest absolute Gasteiger partial charge is 0.366 e. The van der Waals surface area contributed by atoms with Crippen LogP contribution in [0.1, 0.15) is 6.92 Å². The Kier molecular flexibility index (Phi) is 1.27. The molecule has 1 fully saturated rings. The van der Waals surface area contributed by atoms with E-state index in [1.807, 2.05) is 0 Å². The Hall–Kier alpha value is -0.120. The van der Waals surface area contributed by atoms with E-state index in [9.17, 15) is 0 Å². The zero-order valence-corrected chi connectivity index (χ0v) is 4.13. The summed E-state index contributed by atoms with van der Waals surface area (Å²) in [5.41, 5.74) is 0. The molecule has 7 heavy (non-hydrogen) atoms. The van der Waals surface area contributed by atoms with Crippen LogP contribution in [-0.4, -0.2) is 24.3 Å². The lowest BCUT2D eigenvalue weighted by Gasteiger charge is -1.97. The van der Waals surface area contributed by atoms with Crippen molar-refractivity contribution < 1.29 is 14.6 Å². The number of hydrogen-bond acceptors (Lipinski definition) is 3. The van der Waals surface area contributed by atoms with E-state index in [0.29, 0.717) is 6.61 Å². The molecule has 2 atom stereocenters. The quantitative estimate of drug-likeness (QED) is 0.458. The Labute approximate surface area is 41.8 Å². The summed E-state index contributed by atoms with van der Waals surface area (Å²) in [6, 6.07) is 0. The molecule has 0 aromatic heterocycles.